The van der Waals surface area contributed by atoms with Gasteiger partial charge in [0.1, 0.15) is 5.76 Å². The van der Waals surface area contributed by atoms with Crippen LogP contribution in [0.2, 0.25) is 0 Å². The van der Waals surface area contributed by atoms with Crippen LogP contribution in [0.1, 0.15) is 42.7 Å². The summed E-state index contributed by atoms with van der Waals surface area (Å²) in [7, 11) is 1.83. The molecule has 0 radical (unpaired) electrons. The van der Waals surface area contributed by atoms with Gasteiger partial charge in [0, 0.05) is 58.4 Å². The Kier molecular flexibility index (Phi) is 10.4. The average molecular weight is 532 g/mol. The smallest absolute Gasteiger partial charge is 0.236 e. The summed E-state index contributed by atoms with van der Waals surface area (Å²) in [5.41, 5.74) is 2.13. The number of likely N-dealkylation sites (tertiary alicyclic amines) is 1. The number of piperazine rings is 1. The molecular weight excluding hydrogens is 495 g/mol. The fourth-order valence-electron chi connectivity index (χ4n) is 4.22. The molecule has 0 saturated carbocycles. The number of aliphatic imine (C=N–C) groups is 1. The highest BCUT2D eigenvalue weighted by Crippen LogP contribution is 2.13. The van der Waals surface area contributed by atoms with E-state index in [1.165, 1.54) is 18.4 Å². The molecule has 0 unspecified atom stereocenters. The molecule has 1 amide bonds. The van der Waals surface area contributed by atoms with Crippen molar-refractivity contribution >= 4 is 35.8 Å². The first kappa shape index (κ1) is 24.9. The molecule has 2 aliphatic rings. The minimum Gasteiger partial charge on any atom is -0.361 e. The molecule has 0 aliphatic carbocycles. The molecule has 9 heteroatoms. The van der Waals surface area contributed by atoms with Crippen molar-refractivity contribution in [1.29, 1.82) is 0 Å². The first-order chi connectivity index (χ1) is 14.1. The zero-order valence-electron chi connectivity index (χ0n) is 18.7. The van der Waals surface area contributed by atoms with Gasteiger partial charge in [0.15, 0.2) is 5.96 Å². The van der Waals surface area contributed by atoms with Crippen molar-refractivity contribution in [2.24, 2.45) is 4.99 Å². The van der Waals surface area contributed by atoms with E-state index in [1.54, 1.807) is 0 Å². The van der Waals surface area contributed by atoms with Gasteiger partial charge >= 0.3 is 0 Å². The van der Waals surface area contributed by atoms with Gasteiger partial charge in [0.25, 0.3) is 0 Å². The van der Waals surface area contributed by atoms with E-state index in [-0.39, 0.29) is 24.0 Å². The summed E-state index contributed by atoms with van der Waals surface area (Å²) in [6.07, 6.45) is 5.67. The van der Waals surface area contributed by atoms with Crippen molar-refractivity contribution in [3.05, 3.63) is 17.0 Å². The highest BCUT2D eigenvalue weighted by atomic mass is 127. The third-order valence-electron chi connectivity index (χ3n) is 6.04. The summed E-state index contributed by atoms with van der Waals surface area (Å²) in [6.45, 7) is 10.7. The Bertz CT molecular complexity index is 672. The van der Waals surface area contributed by atoms with E-state index in [2.05, 4.69) is 30.2 Å². The van der Waals surface area contributed by atoms with E-state index in [1.807, 2.05) is 20.9 Å². The first-order valence-electron chi connectivity index (χ1n) is 11.0. The molecule has 2 fully saturated rings. The van der Waals surface area contributed by atoms with E-state index >= 15 is 0 Å². The first-order valence-corrected chi connectivity index (χ1v) is 11.0. The van der Waals surface area contributed by atoms with Gasteiger partial charge in [-0.1, -0.05) is 18.0 Å². The van der Waals surface area contributed by atoms with E-state index in [0.717, 1.165) is 82.5 Å². The number of aromatic nitrogens is 1. The molecule has 2 saturated heterocycles. The topological polar surface area (TPSA) is 77.2 Å². The Hall–Kier alpha value is -1.36. The molecule has 3 heterocycles. The normalized spacial score (nSPS) is 18.7. The Morgan fingerprint density at radius 3 is 2.27 bits per heavy atom. The van der Waals surface area contributed by atoms with Crippen molar-refractivity contribution in [1.82, 2.24) is 25.2 Å². The molecule has 0 aromatic carbocycles. The number of carbonyl (C=O) groups is 1. The minimum atomic E-state index is 0. The molecule has 0 atom stereocenters. The number of hydrogen-bond acceptors (Lipinski definition) is 5. The quantitative estimate of drug-likeness (QED) is 0.356. The molecule has 0 spiro atoms. The number of nitrogens with one attached hydrogen (secondary N) is 1. The molecular formula is C21H37IN6O2. The number of halogens is 1. The van der Waals surface area contributed by atoms with Crippen LogP contribution in [0.25, 0.3) is 0 Å². The lowest BCUT2D eigenvalue weighted by Crippen LogP contribution is -2.54. The molecule has 1 aromatic heterocycles. The van der Waals surface area contributed by atoms with Gasteiger partial charge in [-0.2, -0.15) is 0 Å². The van der Waals surface area contributed by atoms with Crippen LogP contribution in [0.5, 0.6) is 0 Å². The van der Waals surface area contributed by atoms with Crippen molar-refractivity contribution in [2.75, 3.05) is 59.4 Å². The summed E-state index contributed by atoms with van der Waals surface area (Å²) >= 11 is 0. The number of guanidine groups is 1. The van der Waals surface area contributed by atoms with Crippen LogP contribution >= 0.6 is 24.0 Å². The van der Waals surface area contributed by atoms with Crippen LogP contribution in [0.3, 0.4) is 0 Å². The van der Waals surface area contributed by atoms with Crippen LogP contribution in [-0.2, 0) is 11.2 Å². The lowest BCUT2D eigenvalue weighted by molar-refractivity contribution is -0.132. The Labute approximate surface area is 197 Å². The summed E-state index contributed by atoms with van der Waals surface area (Å²) in [4.78, 5) is 23.7. The maximum absolute atomic E-state index is 12.6. The van der Waals surface area contributed by atoms with Gasteiger partial charge in [-0.25, -0.2) is 0 Å². The van der Waals surface area contributed by atoms with Gasteiger partial charge in [-0.15, -0.1) is 24.0 Å². The zero-order chi connectivity index (χ0) is 20.6. The van der Waals surface area contributed by atoms with Crippen molar-refractivity contribution in [2.45, 2.75) is 46.0 Å². The predicted molar refractivity (Wildman–Crippen MR) is 130 cm³/mol. The van der Waals surface area contributed by atoms with Crippen molar-refractivity contribution in [3.63, 3.8) is 0 Å². The molecule has 30 heavy (non-hydrogen) atoms. The zero-order valence-corrected chi connectivity index (χ0v) is 21.0. The lowest BCUT2D eigenvalue weighted by Gasteiger charge is -2.37. The second kappa shape index (κ2) is 12.5. The van der Waals surface area contributed by atoms with Crippen molar-refractivity contribution in [3.8, 4) is 0 Å². The van der Waals surface area contributed by atoms with Gasteiger partial charge in [0.05, 0.1) is 12.2 Å². The highest BCUT2D eigenvalue weighted by Gasteiger charge is 2.23. The minimum absolute atomic E-state index is 0. The molecule has 2 aliphatic heterocycles. The van der Waals surface area contributed by atoms with Crippen LogP contribution in [0.4, 0.5) is 0 Å². The summed E-state index contributed by atoms with van der Waals surface area (Å²) in [5.74, 6) is 2.11. The average Bonchev–Trinajstić information content (AvgIpc) is 2.93. The maximum atomic E-state index is 12.6. The predicted octanol–water partition coefficient (Wildman–Crippen LogP) is 2.05. The Morgan fingerprint density at radius 2 is 1.70 bits per heavy atom. The molecule has 3 rings (SSSR count). The molecule has 1 aromatic rings. The maximum Gasteiger partial charge on any atom is 0.236 e. The number of aryl methyl sites for hydroxylation is 2. The second-order valence-corrected chi connectivity index (χ2v) is 8.08. The van der Waals surface area contributed by atoms with Gasteiger partial charge in [-0.3, -0.25) is 14.7 Å². The SMILES string of the molecule is CN=C(NCCc1c(C)noc1C)N1CCN(CC(=O)N2CCCCCC2)CC1.I. The van der Waals surface area contributed by atoms with Crippen LogP contribution in [0, 0.1) is 13.8 Å². The van der Waals surface area contributed by atoms with Crippen molar-refractivity contribution < 1.29 is 9.32 Å². The van der Waals surface area contributed by atoms with Crippen LogP contribution < -0.4 is 5.32 Å². The Morgan fingerprint density at radius 1 is 1.03 bits per heavy atom. The fraction of sp³-hybridized carbons (Fsp3) is 0.762. The third-order valence-corrected chi connectivity index (χ3v) is 6.04. The van der Waals surface area contributed by atoms with E-state index in [4.69, 9.17) is 4.52 Å². The lowest BCUT2D eigenvalue weighted by atomic mass is 10.1. The second-order valence-electron chi connectivity index (χ2n) is 8.08. The molecule has 170 valence electrons. The summed E-state index contributed by atoms with van der Waals surface area (Å²) in [5, 5.41) is 7.47. The number of rotatable bonds is 5. The standard InChI is InChI=1S/C21H36N6O2.HI/c1-17-19(18(2)29-24-17)8-9-23-21(22-3)27-14-12-25(13-15-27)16-20(28)26-10-6-4-5-7-11-26;/h4-16H2,1-3H3,(H,22,23);1H. The number of amides is 1. The summed E-state index contributed by atoms with van der Waals surface area (Å²) < 4.78 is 5.23. The van der Waals surface area contributed by atoms with E-state index < -0.39 is 0 Å². The monoisotopic (exact) mass is 532 g/mol. The van der Waals surface area contributed by atoms with E-state index in [9.17, 15) is 4.79 Å². The fourth-order valence-corrected chi connectivity index (χ4v) is 4.22. The number of carbonyl (C=O) groups excluding carboxylic acids is 1. The largest absolute Gasteiger partial charge is 0.361 e. The Balaban J connectivity index is 0.00000320. The molecule has 8 nitrogen and oxygen atoms in total. The number of nitrogens with zero attached hydrogens (tertiary/aromatic N) is 5. The highest BCUT2D eigenvalue weighted by molar-refractivity contribution is 14.0. The number of hydrogen-bond donors (Lipinski definition) is 1. The van der Waals surface area contributed by atoms with Gasteiger partial charge < -0.3 is 19.6 Å². The molecule has 1 N–H and O–H groups in total. The summed E-state index contributed by atoms with van der Waals surface area (Å²) in [6, 6.07) is 0. The van der Waals surface area contributed by atoms with E-state index in [0.29, 0.717) is 12.5 Å². The third kappa shape index (κ3) is 6.83. The molecule has 0 bridgehead atoms. The van der Waals surface area contributed by atoms with Gasteiger partial charge in [-0.05, 0) is 33.1 Å². The van der Waals surface area contributed by atoms with Gasteiger partial charge in [0.2, 0.25) is 5.91 Å². The van der Waals surface area contributed by atoms with Crippen LogP contribution in [0.15, 0.2) is 9.52 Å². The van der Waals surface area contributed by atoms with Crippen LogP contribution in [-0.4, -0.2) is 91.1 Å².